The molecular weight excluding hydrogens is 464 g/mol. The number of amides is 3. The number of thiophene rings is 1. The Morgan fingerprint density at radius 2 is 1.67 bits per heavy atom. The van der Waals surface area contributed by atoms with Crippen molar-refractivity contribution in [2.75, 3.05) is 26.2 Å². The average molecular weight is 491 g/mol. The number of carbonyl (C=O) groups is 4. The van der Waals surface area contributed by atoms with Gasteiger partial charge in [0.2, 0.25) is 11.8 Å². The van der Waals surface area contributed by atoms with Crippen LogP contribution in [0.1, 0.15) is 45.7 Å². The van der Waals surface area contributed by atoms with E-state index in [-0.39, 0.29) is 49.4 Å². The summed E-state index contributed by atoms with van der Waals surface area (Å²) in [6.07, 6.45) is 1.01. The van der Waals surface area contributed by atoms with Crippen LogP contribution in [0.15, 0.2) is 41.8 Å². The highest BCUT2D eigenvalue weighted by atomic mass is 35.5. The molecule has 1 aliphatic heterocycles. The Morgan fingerprint density at radius 1 is 0.970 bits per heavy atom. The van der Waals surface area contributed by atoms with Crippen molar-refractivity contribution in [3.8, 4) is 0 Å². The van der Waals surface area contributed by atoms with Crippen molar-refractivity contribution < 1.29 is 19.2 Å². The number of piperidine rings is 1. The van der Waals surface area contributed by atoms with Crippen LogP contribution in [0.5, 0.6) is 0 Å². The van der Waals surface area contributed by atoms with E-state index in [2.05, 4.69) is 21.3 Å². The number of benzene rings is 1. The molecule has 0 unspecified atom stereocenters. The van der Waals surface area contributed by atoms with Gasteiger partial charge < -0.3 is 21.3 Å². The van der Waals surface area contributed by atoms with Crippen LogP contribution < -0.4 is 21.3 Å². The van der Waals surface area contributed by atoms with E-state index in [1.165, 1.54) is 11.3 Å². The molecule has 33 heavy (non-hydrogen) atoms. The standard InChI is InChI=1S/C23H27ClN4O4S/c24-17-5-3-16(4-6-17)21(31)26-13-14-27-22(32)23(9-11-25-12-10-23)28-20(30)8-7-18(29)19-2-1-15-33-19/h1-6,15,25H,7-14H2,(H,26,31)(H,27,32)(H,28,30). The molecule has 2 aromatic rings. The fourth-order valence-corrected chi connectivity index (χ4v) is 4.42. The summed E-state index contributed by atoms with van der Waals surface area (Å²) in [5.41, 5.74) is -0.556. The highest BCUT2D eigenvalue weighted by Crippen LogP contribution is 2.20. The van der Waals surface area contributed by atoms with Crippen molar-refractivity contribution in [1.29, 1.82) is 0 Å². The molecular formula is C23H27ClN4O4S. The van der Waals surface area contributed by atoms with Crippen molar-refractivity contribution in [2.24, 2.45) is 0 Å². The maximum absolute atomic E-state index is 13.0. The van der Waals surface area contributed by atoms with Gasteiger partial charge in [-0.2, -0.15) is 0 Å². The molecule has 0 aliphatic carbocycles. The normalized spacial score (nSPS) is 14.8. The summed E-state index contributed by atoms with van der Waals surface area (Å²) in [5.74, 6) is -0.961. The maximum atomic E-state index is 13.0. The predicted molar refractivity (Wildman–Crippen MR) is 128 cm³/mol. The lowest BCUT2D eigenvalue weighted by atomic mass is 9.87. The molecule has 10 heteroatoms. The van der Waals surface area contributed by atoms with Crippen LogP contribution in [0.4, 0.5) is 0 Å². The number of carbonyl (C=O) groups excluding carboxylic acids is 4. The van der Waals surface area contributed by atoms with Gasteiger partial charge >= 0.3 is 0 Å². The minimum Gasteiger partial charge on any atom is -0.352 e. The summed E-state index contributed by atoms with van der Waals surface area (Å²) < 4.78 is 0. The van der Waals surface area contributed by atoms with E-state index < -0.39 is 5.54 Å². The zero-order chi connectivity index (χ0) is 23.7. The molecule has 3 rings (SSSR count). The summed E-state index contributed by atoms with van der Waals surface area (Å²) in [7, 11) is 0. The number of hydrogen-bond donors (Lipinski definition) is 4. The van der Waals surface area contributed by atoms with Crippen LogP contribution >= 0.6 is 22.9 Å². The quantitative estimate of drug-likeness (QED) is 0.301. The molecule has 0 bridgehead atoms. The predicted octanol–water partition coefficient (Wildman–Crippen LogP) is 2.15. The number of nitrogens with one attached hydrogen (secondary N) is 4. The third-order valence-electron chi connectivity index (χ3n) is 5.45. The number of ketones is 1. The third kappa shape index (κ3) is 7.12. The van der Waals surface area contributed by atoms with Gasteiger partial charge in [-0.05, 0) is 61.6 Å². The third-order valence-corrected chi connectivity index (χ3v) is 6.61. The lowest BCUT2D eigenvalue weighted by Gasteiger charge is -2.37. The Balaban J connectivity index is 1.48. The van der Waals surface area contributed by atoms with E-state index in [0.717, 1.165) is 0 Å². The van der Waals surface area contributed by atoms with Crippen molar-refractivity contribution in [3.05, 3.63) is 57.2 Å². The lowest BCUT2D eigenvalue weighted by molar-refractivity contribution is -0.134. The second-order valence-electron chi connectivity index (χ2n) is 7.80. The summed E-state index contributed by atoms with van der Waals surface area (Å²) in [6, 6.07) is 10.0. The molecule has 1 aliphatic rings. The lowest BCUT2D eigenvalue weighted by Crippen LogP contribution is -2.63. The second-order valence-corrected chi connectivity index (χ2v) is 9.18. The Hall–Kier alpha value is -2.75. The van der Waals surface area contributed by atoms with Crippen LogP contribution in [0.3, 0.4) is 0 Å². The van der Waals surface area contributed by atoms with Crippen molar-refractivity contribution in [1.82, 2.24) is 21.3 Å². The highest BCUT2D eigenvalue weighted by molar-refractivity contribution is 7.12. The van der Waals surface area contributed by atoms with Crippen LogP contribution in [-0.2, 0) is 9.59 Å². The van der Waals surface area contributed by atoms with E-state index in [0.29, 0.717) is 41.4 Å². The minimum atomic E-state index is -1.03. The van der Waals surface area contributed by atoms with Crippen molar-refractivity contribution in [2.45, 2.75) is 31.2 Å². The van der Waals surface area contributed by atoms with Crippen molar-refractivity contribution >= 4 is 46.4 Å². The molecule has 176 valence electrons. The van der Waals surface area contributed by atoms with E-state index in [1.54, 1.807) is 36.4 Å². The first-order valence-electron chi connectivity index (χ1n) is 10.8. The van der Waals surface area contributed by atoms with Gasteiger partial charge in [-0.3, -0.25) is 19.2 Å². The Morgan fingerprint density at radius 3 is 2.33 bits per heavy atom. The molecule has 0 spiro atoms. The van der Waals surface area contributed by atoms with Crippen LogP contribution in [0.2, 0.25) is 5.02 Å². The van der Waals surface area contributed by atoms with Gasteiger partial charge in [0.15, 0.2) is 5.78 Å². The summed E-state index contributed by atoms with van der Waals surface area (Å²) in [4.78, 5) is 50.5. The van der Waals surface area contributed by atoms with Gasteiger partial charge in [-0.15, -0.1) is 11.3 Å². The van der Waals surface area contributed by atoms with Crippen LogP contribution in [0, 0.1) is 0 Å². The largest absolute Gasteiger partial charge is 0.352 e. The van der Waals surface area contributed by atoms with E-state index >= 15 is 0 Å². The van der Waals surface area contributed by atoms with E-state index in [4.69, 9.17) is 11.6 Å². The van der Waals surface area contributed by atoms with Gasteiger partial charge in [-0.25, -0.2) is 0 Å². The van der Waals surface area contributed by atoms with Crippen molar-refractivity contribution in [3.63, 3.8) is 0 Å². The number of halogens is 1. The molecule has 0 saturated carbocycles. The van der Waals surface area contributed by atoms with E-state index in [9.17, 15) is 19.2 Å². The molecule has 3 amide bonds. The first kappa shape index (κ1) is 24.9. The second kappa shape index (κ2) is 11.9. The molecule has 8 nitrogen and oxygen atoms in total. The SMILES string of the molecule is O=C(CCC(=O)c1cccs1)NC1(C(=O)NCCNC(=O)c2ccc(Cl)cc2)CCNCC1. The van der Waals surface area contributed by atoms with Gasteiger partial charge in [0, 0.05) is 36.5 Å². The Labute approximate surface area is 201 Å². The molecule has 1 saturated heterocycles. The molecule has 0 atom stereocenters. The first-order chi connectivity index (χ1) is 15.9. The molecule has 0 radical (unpaired) electrons. The monoisotopic (exact) mass is 490 g/mol. The topological polar surface area (TPSA) is 116 Å². The Bertz CT molecular complexity index is 973. The maximum Gasteiger partial charge on any atom is 0.251 e. The molecule has 2 heterocycles. The van der Waals surface area contributed by atoms with Crippen LogP contribution in [0.25, 0.3) is 0 Å². The van der Waals surface area contributed by atoms with Gasteiger partial charge in [0.25, 0.3) is 5.91 Å². The van der Waals surface area contributed by atoms with E-state index in [1.807, 2.05) is 5.38 Å². The molecule has 1 fully saturated rings. The van der Waals surface area contributed by atoms with Gasteiger partial charge in [0.1, 0.15) is 5.54 Å². The first-order valence-corrected chi connectivity index (χ1v) is 12.1. The number of rotatable bonds is 10. The molecule has 1 aromatic heterocycles. The smallest absolute Gasteiger partial charge is 0.251 e. The summed E-state index contributed by atoms with van der Waals surface area (Å²) in [5, 5.41) is 14.0. The Kier molecular flexibility index (Phi) is 8.99. The highest BCUT2D eigenvalue weighted by Gasteiger charge is 2.40. The summed E-state index contributed by atoms with van der Waals surface area (Å²) in [6.45, 7) is 1.65. The molecule has 4 N–H and O–H groups in total. The average Bonchev–Trinajstić information content (AvgIpc) is 3.36. The minimum absolute atomic E-state index is 0.0241. The molecule has 1 aromatic carbocycles. The van der Waals surface area contributed by atoms with Gasteiger partial charge in [0.05, 0.1) is 4.88 Å². The number of Topliss-reactive ketones (excluding diaryl/α,β-unsaturated/α-hetero) is 1. The zero-order valence-electron chi connectivity index (χ0n) is 18.1. The fraction of sp³-hybridized carbons (Fsp3) is 0.391. The number of hydrogen-bond acceptors (Lipinski definition) is 6. The fourth-order valence-electron chi connectivity index (χ4n) is 3.60. The van der Waals surface area contributed by atoms with Gasteiger partial charge in [-0.1, -0.05) is 17.7 Å². The van der Waals surface area contributed by atoms with Crippen LogP contribution in [-0.4, -0.2) is 55.2 Å². The summed E-state index contributed by atoms with van der Waals surface area (Å²) >= 11 is 7.17. The zero-order valence-corrected chi connectivity index (χ0v) is 19.7.